The summed E-state index contributed by atoms with van der Waals surface area (Å²) in [5.74, 6) is -0.432. The van der Waals surface area contributed by atoms with Crippen molar-refractivity contribution in [3.8, 4) is 0 Å². The van der Waals surface area contributed by atoms with Crippen molar-refractivity contribution in [1.82, 2.24) is 4.90 Å². The molecule has 2 atom stereocenters. The fraction of sp³-hybridized carbons (Fsp3) is 0.923. The molecule has 2 unspecified atom stereocenters. The lowest BCUT2D eigenvalue weighted by atomic mass is 9.61. The Kier molecular flexibility index (Phi) is 3.68. The van der Waals surface area contributed by atoms with E-state index in [0.29, 0.717) is 0 Å². The van der Waals surface area contributed by atoms with Crippen LogP contribution in [0.5, 0.6) is 0 Å². The second kappa shape index (κ2) is 4.36. The first-order valence-electron chi connectivity index (χ1n) is 6.13. The van der Waals surface area contributed by atoms with Crippen LogP contribution in [0.15, 0.2) is 0 Å². The number of carboxylic acid groups (broad SMARTS) is 1. The highest BCUT2D eigenvalue weighted by Crippen LogP contribution is 2.46. The average molecular weight is 227 g/mol. The lowest BCUT2D eigenvalue weighted by Crippen LogP contribution is -2.61. The highest BCUT2D eigenvalue weighted by atomic mass is 16.4. The molecule has 1 N–H and O–H groups in total. The molecule has 0 radical (unpaired) electrons. The minimum atomic E-state index is -0.670. The van der Waals surface area contributed by atoms with Crippen LogP contribution in [0.3, 0.4) is 0 Å². The van der Waals surface area contributed by atoms with Gasteiger partial charge in [0.2, 0.25) is 0 Å². The highest BCUT2D eigenvalue weighted by Gasteiger charge is 2.52. The zero-order chi connectivity index (χ0) is 12.6. The third-order valence-electron chi connectivity index (χ3n) is 4.09. The summed E-state index contributed by atoms with van der Waals surface area (Å²) in [6.45, 7) is 6.47. The van der Waals surface area contributed by atoms with E-state index in [2.05, 4.69) is 20.8 Å². The predicted molar refractivity (Wildman–Crippen MR) is 65.5 cm³/mol. The Morgan fingerprint density at radius 2 is 1.88 bits per heavy atom. The maximum absolute atomic E-state index is 11.7. The zero-order valence-corrected chi connectivity index (χ0v) is 11.2. The molecule has 0 aliphatic heterocycles. The van der Waals surface area contributed by atoms with Crippen molar-refractivity contribution in [3.63, 3.8) is 0 Å². The Labute approximate surface area is 98.8 Å². The average Bonchev–Trinajstić information content (AvgIpc) is 2.15. The molecule has 1 aliphatic rings. The summed E-state index contributed by atoms with van der Waals surface area (Å²) < 4.78 is 0. The molecule has 94 valence electrons. The molecule has 0 amide bonds. The van der Waals surface area contributed by atoms with E-state index in [4.69, 9.17) is 0 Å². The number of hydrogen-bond donors (Lipinski definition) is 1. The lowest BCUT2D eigenvalue weighted by Gasteiger charge is -2.50. The van der Waals surface area contributed by atoms with Gasteiger partial charge in [0.1, 0.15) is 5.54 Å². The summed E-state index contributed by atoms with van der Waals surface area (Å²) >= 11 is 0. The molecule has 0 aromatic carbocycles. The van der Waals surface area contributed by atoms with Gasteiger partial charge in [0.15, 0.2) is 0 Å². The van der Waals surface area contributed by atoms with Crippen LogP contribution in [0.25, 0.3) is 0 Å². The number of nitrogens with zero attached hydrogens (tertiary/aromatic N) is 1. The minimum Gasteiger partial charge on any atom is -0.480 e. The van der Waals surface area contributed by atoms with Gasteiger partial charge < -0.3 is 5.11 Å². The smallest absolute Gasteiger partial charge is 0.324 e. The van der Waals surface area contributed by atoms with E-state index in [-0.39, 0.29) is 11.3 Å². The van der Waals surface area contributed by atoms with Gasteiger partial charge in [-0.2, -0.15) is 0 Å². The van der Waals surface area contributed by atoms with Gasteiger partial charge in [-0.3, -0.25) is 9.69 Å². The van der Waals surface area contributed by atoms with Crippen LogP contribution in [-0.2, 0) is 4.79 Å². The van der Waals surface area contributed by atoms with Crippen molar-refractivity contribution in [2.75, 3.05) is 14.1 Å². The van der Waals surface area contributed by atoms with Gasteiger partial charge in [-0.25, -0.2) is 0 Å². The molecule has 16 heavy (non-hydrogen) atoms. The molecule has 0 saturated heterocycles. The fourth-order valence-electron chi connectivity index (χ4n) is 3.29. The van der Waals surface area contributed by atoms with Crippen molar-refractivity contribution >= 4 is 5.97 Å². The molecule has 3 heteroatoms. The van der Waals surface area contributed by atoms with Crippen LogP contribution in [0.2, 0.25) is 0 Å². The largest absolute Gasteiger partial charge is 0.480 e. The SMILES string of the molecule is CN(C)C1(C(=O)O)CCCCC1C(C)(C)C. The van der Waals surface area contributed by atoms with Crippen molar-refractivity contribution in [2.45, 2.75) is 52.0 Å². The standard InChI is InChI=1S/C13H25NO2/c1-12(2,3)10-8-6-7-9-13(10,11(15)16)14(4)5/h10H,6-9H2,1-5H3,(H,15,16). The summed E-state index contributed by atoms with van der Waals surface area (Å²) in [7, 11) is 3.80. The highest BCUT2D eigenvalue weighted by molar-refractivity contribution is 5.79. The lowest BCUT2D eigenvalue weighted by molar-refractivity contribution is -0.161. The van der Waals surface area contributed by atoms with E-state index in [1.54, 1.807) is 0 Å². The van der Waals surface area contributed by atoms with Crippen LogP contribution in [0, 0.1) is 11.3 Å². The summed E-state index contributed by atoms with van der Waals surface area (Å²) in [6, 6.07) is 0. The number of likely N-dealkylation sites (N-methyl/N-ethyl adjacent to an activating group) is 1. The summed E-state index contributed by atoms with van der Waals surface area (Å²) in [4.78, 5) is 13.7. The molecule has 1 aliphatic carbocycles. The molecule has 0 aromatic heterocycles. The van der Waals surface area contributed by atoms with Crippen LogP contribution < -0.4 is 0 Å². The van der Waals surface area contributed by atoms with E-state index < -0.39 is 11.5 Å². The van der Waals surface area contributed by atoms with Crippen LogP contribution in [0.4, 0.5) is 0 Å². The van der Waals surface area contributed by atoms with Crippen molar-refractivity contribution in [2.24, 2.45) is 11.3 Å². The molecule has 0 spiro atoms. The van der Waals surface area contributed by atoms with E-state index in [9.17, 15) is 9.90 Å². The third kappa shape index (κ3) is 2.10. The van der Waals surface area contributed by atoms with Gasteiger partial charge in [0.05, 0.1) is 0 Å². The van der Waals surface area contributed by atoms with Crippen molar-refractivity contribution in [3.05, 3.63) is 0 Å². The van der Waals surface area contributed by atoms with Crippen LogP contribution in [0.1, 0.15) is 46.5 Å². The fourth-order valence-corrected chi connectivity index (χ4v) is 3.29. The van der Waals surface area contributed by atoms with E-state index in [0.717, 1.165) is 25.7 Å². The first-order chi connectivity index (χ1) is 7.23. The Hall–Kier alpha value is -0.570. The van der Waals surface area contributed by atoms with Gasteiger partial charge in [0.25, 0.3) is 0 Å². The molecular formula is C13H25NO2. The monoisotopic (exact) mass is 227 g/mol. The number of rotatable bonds is 2. The van der Waals surface area contributed by atoms with Crippen LogP contribution >= 0.6 is 0 Å². The number of aliphatic carboxylic acids is 1. The molecule has 0 aromatic rings. The minimum absolute atomic E-state index is 0.0447. The van der Waals surface area contributed by atoms with E-state index >= 15 is 0 Å². The molecule has 1 rings (SSSR count). The first-order valence-corrected chi connectivity index (χ1v) is 6.13. The molecular weight excluding hydrogens is 202 g/mol. The first kappa shape index (κ1) is 13.5. The van der Waals surface area contributed by atoms with Gasteiger partial charge in [-0.1, -0.05) is 33.6 Å². The maximum Gasteiger partial charge on any atom is 0.324 e. The zero-order valence-electron chi connectivity index (χ0n) is 11.2. The normalized spacial score (nSPS) is 31.8. The topological polar surface area (TPSA) is 40.5 Å². The van der Waals surface area contributed by atoms with E-state index in [1.807, 2.05) is 19.0 Å². The second-order valence-electron chi connectivity index (χ2n) is 6.29. The van der Waals surface area contributed by atoms with Crippen LogP contribution in [-0.4, -0.2) is 35.6 Å². The molecule has 3 nitrogen and oxygen atoms in total. The van der Waals surface area contributed by atoms with Gasteiger partial charge >= 0.3 is 5.97 Å². The molecule has 0 heterocycles. The number of carboxylic acids is 1. The van der Waals surface area contributed by atoms with Gasteiger partial charge in [0, 0.05) is 0 Å². The third-order valence-corrected chi connectivity index (χ3v) is 4.09. The van der Waals surface area contributed by atoms with Crippen molar-refractivity contribution < 1.29 is 9.90 Å². The van der Waals surface area contributed by atoms with Crippen molar-refractivity contribution in [1.29, 1.82) is 0 Å². The summed E-state index contributed by atoms with van der Waals surface area (Å²) in [5, 5.41) is 9.65. The van der Waals surface area contributed by atoms with E-state index in [1.165, 1.54) is 0 Å². The predicted octanol–water partition coefficient (Wildman–Crippen LogP) is 2.61. The molecule has 1 saturated carbocycles. The van der Waals surface area contributed by atoms with Gasteiger partial charge in [-0.05, 0) is 38.3 Å². The Bertz CT molecular complexity index is 268. The summed E-state index contributed by atoms with van der Waals surface area (Å²) in [6.07, 6.45) is 3.98. The molecule has 0 bridgehead atoms. The number of hydrogen-bond acceptors (Lipinski definition) is 2. The molecule has 1 fully saturated rings. The second-order valence-corrected chi connectivity index (χ2v) is 6.29. The Morgan fingerprint density at radius 1 is 1.31 bits per heavy atom. The maximum atomic E-state index is 11.7. The van der Waals surface area contributed by atoms with Gasteiger partial charge in [-0.15, -0.1) is 0 Å². The quantitative estimate of drug-likeness (QED) is 0.788. The summed E-state index contributed by atoms with van der Waals surface area (Å²) in [5.41, 5.74) is -0.625. The number of carbonyl (C=O) groups is 1. The Balaban J connectivity index is 3.16. The Morgan fingerprint density at radius 3 is 2.19 bits per heavy atom.